The van der Waals surface area contributed by atoms with Crippen LogP contribution in [0.25, 0.3) is 0 Å². The molecule has 172 valence electrons. The molecule has 33 heavy (non-hydrogen) atoms. The average molecular weight is 445 g/mol. The summed E-state index contributed by atoms with van der Waals surface area (Å²) in [5, 5.41) is 0. The SMILES string of the molecule is CC(C)(C)Oc1ccc(Cc2ccc(OC(=O)c3ccc(C(=O)C(C)(C)C)cc3)cc2)cc1. The first-order valence-corrected chi connectivity index (χ1v) is 11.1. The Morgan fingerprint density at radius 2 is 1.09 bits per heavy atom. The zero-order chi connectivity index (χ0) is 24.2. The lowest BCUT2D eigenvalue weighted by Gasteiger charge is -2.21. The monoisotopic (exact) mass is 444 g/mol. The second kappa shape index (κ2) is 9.62. The highest BCUT2D eigenvalue weighted by atomic mass is 16.5. The van der Waals surface area contributed by atoms with Gasteiger partial charge in [0.15, 0.2) is 5.78 Å². The summed E-state index contributed by atoms with van der Waals surface area (Å²) in [6.45, 7) is 11.7. The van der Waals surface area contributed by atoms with Crippen molar-refractivity contribution in [3.8, 4) is 11.5 Å². The molecule has 0 saturated heterocycles. The molecule has 0 atom stereocenters. The minimum atomic E-state index is -0.466. The summed E-state index contributed by atoms with van der Waals surface area (Å²) in [5.74, 6) is 0.915. The Bertz CT molecular complexity index is 1090. The quantitative estimate of drug-likeness (QED) is 0.236. The van der Waals surface area contributed by atoms with Crippen molar-refractivity contribution in [2.75, 3.05) is 0 Å². The first kappa shape index (κ1) is 24.2. The Morgan fingerprint density at radius 3 is 1.55 bits per heavy atom. The van der Waals surface area contributed by atoms with Gasteiger partial charge in [0.25, 0.3) is 0 Å². The molecule has 0 aliphatic heterocycles. The van der Waals surface area contributed by atoms with E-state index in [-0.39, 0.29) is 11.4 Å². The third kappa shape index (κ3) is 7.04. The molecule has 0 aromatic heterocycles. The van der Waals surface area contributed by atoms with Gasteiger partial charge in [-0.15, -0.1) is 0 Å². The van der Waals surface area contributed by atoms with Gasteiger partial charge in [0.1, 0.15) is 17.1 Å². The number of carbonyl (C=O) groups is 2. The summed E-state index contributed by atoms with van der Waals surface area (Å²) in [6, 6.07) is 22.2. The molecule has 3 aromatic rings. The van der Waals surface area contributed by atoms with Crippen molar-refractivity contribution in [3.05, 3.63) is 95.1 Å². The molecule has 3 aromatic carbocycles. The van der Waals surface area contributed by atoms with Gasteiger partial charge in [-0.2, -0.15) is 0 Å². The Morgan fingerprint density at radius 1 is 0.636 bits per heavy atom. The Hall–Kier alpha value is -3.40. The Labute approximate surface area is 196 Å². The van der Waals surface area contributed by atoms with E-state index < -0.39 is 11.4 Å². The lowest BCUT2D eigenvalue weighted by atomic mass is 9.86. The van der Waals surface area contributed by atoms with Crippen LogP contribution in [0, 0.1) is 5.41 Å². The van der Waals surface area contributed by atoms with Crippen LogP contribution < -0.4 is 9.47 Å². The van der Waals surface area contributed by atoms with Crippen molar-refractivity contribution >= 4 is 11.8 Å². The number of carbonyl (C=O) groups excluding carboxylic acids is 2. The van der Waals surface area contributed by atoms with E-state index in [1.165, 1.54) is 5.56 Å². The third-order valence-electron chi connectivity index (χ3n) is 4.95. The van der Waals surface area contributed by atoms with Gasteiger partial charge in [0, 0.05) is 11.0 Å². The molecule has 0 heterocycles. The number of Topliss-reactive ketones (excluding diaryl/α,β-unsaturated/α-hetero) is 1. The van der Waals surface area contributed by atoms with Gasteiger partial charge in [0.05, 0.1) is 5.56 Å². The molecule has 0 unspecified atom stereocenters. The molecule has 3 rings (SSSR count). The van der Waals surface area contributed by atoms with Crippen molar-refractivity contribution < 1.29 is 19.1 Å². The normalized spacial score (nSPS) is 11.7. The summed E-state index contributed by atoms with van der Waals surface area (Å²) < 4.78 is 11.4. The lowest BCUT2D eigenvalue weighted by Crippen LogP contribution is -2.22. The molecular weight excluding hydrogens is 412 g/mol. The van der Waals surface area contributed by atoms with Crippen molar-refractivity contribution in [1.82, 2.24) is 0 Å². The average Bonchev–Trinajstić information content (AvgIpc) is 2.74. The molecule has 0 fully saturated rings. The molecule has 0 spiro atoms. The number of hydrogen-bond acceptors (Lipinski definition) is 4. The maximum Gasteiger partial charge on any atom is 0.343 e. The predicted octanol–water partition coefficient (Wildman–Crippen LogP) is 6.90. The number of hydrogen-bond donors (Lipinski definition) is 0. The molecule has 0 saturated carbocycles. The highest BCUT2D eigenvalue weighted by molar-refractivity contribution is 6.00. The van der Waals surface area contributed by atoms with E-state index in [1.807, 2.05) is 65.8 Å². The van der Waals surface area contributed by atoms with E-state index in [1.54, 1.807) is 36.4 Å². The highest BCUT2D eigenvalue weighted by Crippen LogP contribution is 2.23. The standard InChI is InChI=1S/C29H32O4/c1-28(2,3)26(30)22-11-13-23(14-12-22)27(31)32-24-15-7-20(8-16-24)19-21-9-17-25(18-10-21)33-29(4,5)6/h7-18H,19H2,1-6H3. The maximum atomic E-state index is 12.5. The zero-order valence-corrected chi connectivity index (χ0v) is 20.3. The maximum absolute atomic E-state index is 12.5. The van der Waals surface area contributed by atoms with Gasteiger partial charge in [0.2, 0.25) is 0 Å². The molecular formula is C29H32O4. The second-order valence-electron chi connectivity index (χ2n) is 10.2. The van der Waals surface area contributed by atoms with Gasteiger partial charge in [-0.25, -0.2) is 4.79 Å². The first-order valence-electron chi connectivity index (χ1n) is 11.1. The number of benzene rings is 3. The predicted molar refractivity (Wildman–Crippen MR) is 131 cm³/mol. The van der Waals surface area contributed by atoms with Gasteiger partial charge >= 0.3 is 5.97 Å². The zero-order valence-electron chi connectivity index (χ0n) is 20.3. The van der Waals surface area contributed by atoms with Crippen LogP contribution in [0.15, 0.2) is 72.8 Å². The Balaban J connectivity index is 1.59. The summed E-state index contributed by atoms with van der Waals surface area (Å²) in [7, 11) is 0. The fourth-order valence-corrected chi connectivity index (χ4v) is 3.30. The van der Waals surface area contributed by atoms with Crippen LogP contribution in [0.5, 0.6) is 11.5 Å². The molecule has 0 amide bonds. The van der Waals surface area contributed by atoms with Crippen LogP contribution in [0.3, 0.4) is 0 Å². The fraction of sp³-hybridized carbons (Fsp3) is 0.310. The number of ketones is 1. The van der Waals surface area contributed by atoms with Gasteiger partial charge in [-0.05, 0) is 74.7 Å². The van der Waals surface area contributed by atoms with Crippen LogP contribution in [0.2, 0.25) is 0 Å². The van der Waals surface area contributed by atoms with E-state index in [0.717, 1.165) is 17.7 Å². The molecule has 0 bridgehead atoms. The van der Waals surface area contributed by atoms with Crippen LogP contribution in [0.1, 0.15) is 73.4 Å². The van der Waals surface area contributed by atoms with E-state index in [4.69, 9.17) is 9.47 Å². The van der Waals surface area contributed by atoms with Gasteiger partial charge in [-0.1, -0.05) is 57.2 Å². The first-order chi connectivity index (χ1) is 15.4. The van der Waals surface area contributed by atoms with Crippen LogP contribution in [0.4, 0.5) is 0 Å². The molecule has 0 aliphatic carbocycles. The highest BCUT2D eigenvalue weighted by Gasteiger charge is 2.23. The van der Waals surface area contributed by atoms with Crippen LogP contribution in [-0.4, -0.2) is 17.4 Å². The van der Waals surface area contributed by atoms with E-state index >= 15 is 0 Å². The van der Waals surface area contributed by atoms with Gasteiger partial charge < -0.3 is 9.47 Å². The summed E-state index contributed by atoms with van der Waals surface area (Å²) >= 11 is 0. The van der Waals surface area contributed by atoms with Crippen molar-refractivity contribution in [1.29, 1.82) is 0 Å². The lowest BCUT2D eigenvalue weighted by molar-refractivity contribution is 0.0733. The van der Waals surface area contributed by atoms with E-state index in [9.17, 15) is 9.59 Å². The van der Waals surface area contributed by atoms with Crippen LogP contribution in [-0.2, 0) is 6.42 Å². The number of ether oxygens (including phenoxy) is 2. The largest absolute Gasteiger partial charge is 0.488 e. The second-order valence-corrected chi connectivity index (χ2v) is 10.2. The summed E-state index contributed by atoms with van der Waals surface area (Å²) in [4.78, 5) is 24.8. The summed E-state index contributed by atoms with van der Waals surface area (Å²) in [6.07, 6.45) is 0.771. The molecule has 4 nitrogen and oxygen atoms in total. The van der Waals surface area contributed by atoms with Crippen molar-refractivity contribution in [2.45, 2.75) is 53.6 Å². The minimum absolute atomic E-state index is 0.0365. The molecule has 0 N–H and O–H groups in total. The minimum Gasteiger partial charge on any atom is -0.488 e. The van der Waals surface area contributed by atoms with Crippen LogP contribution >= 0.6 is 0 Å². The summed E-state index contributed by atoms with van der Waals surface area (Å²) in [5.41, 5.74) is 2.59. The van der Waals surface area contributed by atoms with E-state index in [0.29, 0.717) is 16.9 Å². The molecule has 0 radical (unpaired) electrons. The van der Waals surface area contributed by atoms with Crippen molar-refractivity contribution in [2.24, 2.45) is 5.41 Å². The number of esters is 1. The van der Waals surface area contributed by atoms with E-state index in [2.05, 4.69) is 12.1 Å². The fourth-order valence-electron chi connectivity index (χ4n) is 3.30. The molecule has 0 aliphatic rings. The number of rotatable bonds is 6. The van der Waals surface area contributed by atoms with Crippen molar-refractivity contribution in [3.63, 3.8) is 0 Å². The third-order valence-corrected chi connectivity index (χ3v) is 4.95. The Kier molecular flexibility index (Phi) is 7.06. The smallest absolute Gasteiger partial charge is 0.343 e. The van der Waals surface area contributed by atoms with Gasteiger partial charge in [-0.3, -0.25) is 4.79 Å². The topological polar surface area (TPSA) is 52.6 Å². The molecule has 4 heteroatoms.